The molecule has 0 aromatic heterocycles. The maximum absolute atomic E-state index is 5.51. The van der Waals surface area contributed by atoms with Crippen LogP contribution in [0.1, 0.15) is 19.8 Å². The van der Waals surface area contributed by atoms with Crippen LogP contribution in [0.2, 0.25) is 0 Å². The van der Waals surface area contributed by atoms with E-state index >= 15 is 0 Å². The van der Waals surface area contributed by atoms with E-state index in [2.05, 4.69) is 6.92 Å². The molecule has 0 spiro atoms. The Morgan fingerprint density at radius 2 is 2.43 bits per heavy atom. The molecule has 0 saturated carbocycles. The van der Waals surface area contributed by atoms with E-state index in [4.69, 9.17) is 7.98 Å². The van der Waals surface area contributed by atoms with Crippen molar-refractivity contribution in [2.75, 3.05) is 6.54 Å². The largest absolute Gasteiger partial charge is 0.351 e. The van der Waals surface area contributed by atoms with E-state index in [-0.39, 0.29) is 0 Å². The van der Waals surface area contributed by atoms with E-state index in [1.807, 2.05) is 4.81 Å². The van der Waals surface area contributed by atoms with Crippen LogP contribution in [-0.2, 0) is 0 Å². The summed E-state index contributed by atoms with van der Waals surface area (Å²) < 4.78 is 0. The fraction of sp³-hybridized carbons (Fsp3) is 1.00. The zero-order valence-corrected chi connectivity index (χ0v) is 4.72. The van der Waals surface area contributed by atoms with Crippen LogP contribution in [0, 0.1) is 0 Å². The fourth-order valence-corrected chi connectivity index (χ4v) is 0.955. The average molecular weight is 95.0 g/mol. The van der Waals surface area contributed by atoms with Gasteiger partial charge in [-0.3, -0.25) is 0 Å². The van der Waals surface area contributed by atoms with Gasteiger partial charge in [-0.25, -0.2) is 0 Å². The summed E-state index contributed by atoms with van der Waals surface area (Å²) in [5, 5.41) is 0. The minimum absolute atomic E-state index is 0.625. The molecule has 1 unspecified atom stereocenters. The maximum atomic E-state index is 5.51. The van der Waals surface area contributed by atoms with E-state index in [1.165, 1.54) is 12.8 Å². The maximum Gasteiger partial charge on any atom is 0.182 e. The summed E-state index contributed by atoms with van der Waals surface area (Å²) >= 11 is 0. The van der Waals surface area contributed by atoms with Gasteiger partial charge in [-0.05, 0) is 25.4 Å². The van der Waals surface area contributed by atoms with E-state index < -0.39 is 0 Å². The second kappa shape index (κ2) is 1.87. The Kier molecular flexibility index (Phi) is 1.38. The lowest BCUT2D eigenvalue weighted by Gasteiger charge is -2.12. The molecule has 2 heteroatoms. The van der Waals surface area contributed by atoms with Crippen LogP contribution in [0.15, 0.2) is 0 Å². The quantitative estimate of drug-likeness (QED) is 0.397. The highest BCUT2D eigenvalue weighted by Gasteiger charge is 2.13. The predicted molar refractivity (Wildman–Crippen MR) is 31.2 cm³/mol. The topological polar surface area (TPSA) is 3.24 Å². The van der Waals surface area contributed by atoms with Gasteiger partial charge in [0.15, 0.2) is 7.98 Å². The third-order valence-corrected chi connectivity index (χ3v) is 1.60. The molecule has 0 N–H and O–H groups in total. The lowest BCUT2D eigenvalue weighted by Crippen LogP contribution is -2.22. The SMILES string of the molecule is [B]N1CCCC1C. The first kappa shape index (κ1) is 5.17. The van der Waals surface area contributed by atoms with Gasteiger partial charge >= 0.3 is 0 Å². The third kappa shape index (κ3) is 0.971. The molecule has 0 aliphatic carbocycles. The van der Waals surface area contributed by atoms with Gasteiger partial charge in [0.1, 0.15) is 0 Å². The van der Waals surface area contributed by atoms with Gasteiger partial charge in [-0.1, -0.05) is 6.92 Å². The Bertz CT molecular complexity index is 57.1. The smallest absolute Gasteiger partial charge is 0.182 e. The van der Waals surface area contributed by atoms with Crippen molar-refractivity contribution in [3.8, 4) is 0 Å². The first-order valence-corrected chi connectivity index (χ1v) is 2.82. The first-order valence-electron chi connectivity index (χ1n) is 2.82. The summed E-state index contributed by atoms with van der Waals surface area (Å²) in [5.41, 5.74) is 0. The highest BCUT2D eigenvalue weighted by molar-refractivity contribution is 6.04. The Labute approximate surface area is 46.1 Å². The first-order chi connectivity index (χ1) is 3.30. The summed E-state index contributed by atoms with van der Waals surface area (Å²) in [6, 6.07) is 0.625. The predicted octanol–water partition coefficient (Wildman–Crippen LogP) is 0.554. The number of hydrogen-bond donors (Lipinski definition) is 0. The van der Waals surface area contributed by atoms with Crippen molar-refractivity contribution >= 4 is 7.98 Å². The van der Waals surface area contributed by atoms with Crippen LogP contribution in [0.5, 0.6) is 0 Å². The molecule has 1 heterocycles. The molecule has 1 aliphatic rings. The van der Waals surface area contributed by atoms with Crippen molar-refractivity contribution < 1.29 is 0 Å². The summed E-state index contributed by atoms with van der Waals surface area (Å²) in [4.78, 5) is 1.90. The van der Waals surface area contributed by atoms with Gasteiger partial charge in [-0.2, -0.15) is 0 Å². The molecule has 0 bridgehead atoms. The molecule has 1 aliphatic heterocycles. The third-order valence-electron chi connectivity index (χ3n) is 1.60. The summed E-state index contributed by atoms with van der Waals surface area (Å²) in [7, 11) is 5.51. The number of hydrogen-bond acceptors (Lipinski definition) is 1. The minimum atomic E-state index is 0.625. The van der Waals surface area contributed by atoms with Crippen LogP contribution in [0.4, 0.5) is 0 Å². The highest BCUT2D eigenvalue weighted by atomic mass is 15.1. The van der Waals surface area contributed by atoms with Crippen LogP contribution in [0.3, 0.4) is 0 Å². The van der Waals surface area contributed by atoms with Crippen molar-refractivity contribution in [1.29, 1.82) is 0 Å². The van der Waals surface area contributed by atoms with Crippen LogP contribution >= 0.6 is 0 Å². The zero-order chi connectivity index (χ0) is 5.28. The Hall–Kier alpha value is 0.0249. The van der Waals surface area contributed by atoms with Gasteiger partial charge in [0.2, 0.25) is 0 Å². The van der Waals surface area contributed by atoms with Gasteiger partial charge in [0.25, 0.3) is 0 Å². The molecule has 2 radical (unpaired) electrons. The van der Waals surface area contributed by atoms with E-state index in [0.717, 1.165) is 6.54 Å². The fourth-order valence-electron chi connectivity index (χ4n) is 0.955. The highest BCUT2D eigenvalue weighted by Crippen LogP contribution is 2.11. The zero-order valence-electron chi connectivity index (χ0n) is 4.72. The van der Waals surface area contributed by atoms with Crippen molar-refractivity contribution in [2.24, 2.45) is 0 Å². The molecular formula is C5H10BN. The van der Waals surface area contributed by atoms with Crippen LogP contribution < -0.4 is 0 Å². The summed E-state index contributed by atoms with van der Waals surface area (Å²) in [6.45, 7) is 3.24. The lowest BCUT2D eigenvalue weighted by molar-refractivity contribution is 0.449. The molecule has 1 fully saturated rings. The molecule has 0 aromatic rings. The second-order valence-electron chi connectivity index (χ2n) is 2.23. The minimum Gasteiger partial charge on any atom is -0.351 e. The number of rotatable bonds is 0. The summed E-state index contributed by atoms with van der Waals surface area (Å²) in [6.07, 6.45) is 2.55. The molecule has 1 saturated heterocycles. The van der Waals surface area contributed by atoms with E-state index in [0.29, 0.717) is 6.04 Å². The molecule has 0 amide bonds. The number of nitrogens with zero attached hydrogens (tertiary/aromatic N) is 1. The van der Waals surface area contributed by atoms with Gasteiger partial charge in [0.05, 0.1) is 0 Å². The monoisotopic (exact) mass is 95.1 g/mol. The molecule has 0 aromatic carbocycles. The van der Waals surface area contributed by atoms with Crippen LogP contribution in [-0.4, -0.2) is 25.4 Å². The molecular weight excluding hydrogens is 84.9 g/mol. The van der Waals surface area contributed by atoms with Gasteiger partial charge < -0.3 is 4.81 Å². The van der Waals surface area contributed by atoms with Crippen molar-refractivity contribution in [1.82, 2.24) is 4.81 Å². The molecule has 38 valence electrons. The van der Waals surface area contributed by atoms with E-state index in [1.54, 1.807) is 0 Å². The standard InChI is InChI=1S/C5H10BN/c1-5-3-2-4-7(5)6/h5H,2-4H2,1H3. The Morgan fingerprint density at radius 1 is 1.71 bits per heavy atom. The Morgan fingerprint density at radius 3 is 2.57 bits per heavy atom. The van der Waals surface area contributed by atoms with Crippen molar-refractivity contribution in [2.45, 2.75) is 25.8 Å². The van der Waals surface area contributed by atoms with Gasteiger partial charge in [0, 0.05) is 0 Å². The second-order valence-corrected chi connectivity index (χ2v) is 2.23. The average Bonchev–Trinajstić information content (AvgIpc) is 1.91. The lowest BCUT2D eigenvalue weighted by atomic mass is 10.2. The van der Waals surface area contributed by atoms with Crippen molar-refractivity contribution in [3.63, 3.8) is 0 Å². The molecule has 1 atom stereocenters. The summed E-state index contributed by atoms with van der Waals surface area (Å²) in [5.74, 6) is 0. The molecule has 7 heavy (non-hydrogen) atoms. The molecule has 1 rings (SSSR count). The van der Waals surface area contributed by atoms with E-state index in [9.17, 15) is 0 Å². The molecule has 1 nitrogen and oxygen atoms in total. The van der Waals surface area contributed by atoms with Gasteiger partial charge in [-0.15, -0.1) is 0 Å². The van der Waals surface area contributed by atoms with Crippen molar-refractivity contribution in [3.05, 3.63) is 0 Å². The Balaban J connectivity index is 2.33. The normalized spacial score (nSPS) is 34.1. The van der Waals surface area contributed by atoms with Crippen LogP contribution in [0.25, 0.3) is 0 Å².